The van der Waals surface area contributed by atoms with Gasteiger partial charge in [-0.2, -0.15) is 5.10 Å². The van der Waals surface area contributed by atoms with E-state index in [4.69, 9.17) is 10.8 Å². The van der Waals surface area contributed by atoms with Gasteiger partial charge in [0, 0.05) is 43.9 Å². The first-order valence-electron chi connectivity index (χ1n) is 10.3. The maximum Gasteiger partial charge on any atom is 0.312 e. The predicted molar refractivity (Wildman–Crippen MR) is 122 cm³/mol. The monoisotopic (exact) mass is 419 g/mol. The Morgan fingerprint density at radius 1 is 1.10 bits per heavy atom. The molecule has 1 heterocycles. The minimum absolute atomic E-state index is 0.00441. The summed E-state index contributed by atoms with van der Waals surface area (Å²) in [6, 6.07) is 15.6. The third-order valence-electron chi connectivity index (χ3n) is 5.29. The van der Waals surface area contributed by atoms with Crippen LogP contribution in [0.2, 0.25) is 0 Å². The average molecular weight is 420 g/mol. The molecule has 7 heteroatoms. The molecule has 162 valence electrons. The van der Waals surface area contributed by atoms with Crippen molar-refractivity contribution < 1.29 is 9.59 Å². The second-order valence-corrected chi connectivity index (χ2v) is 7.73. The maximum atomic E-state index is 12.6. The molecule has 0 aliphatic heterocycles. The number of urea groups is 1. The summed E-state index contributed by atoms with van der Waals surface area (Å²) in [6.07, 6.45) is 2.86. The van der Waals surface area contributed by atoms with Gasteiger partial charge in [0.05, 0.1) is 11.4 Å². The van der Waals surface area contributed by atoms with Gasteiger partial charge in [-0.1, -0.05) is 30.3 Å². The molecule has 0 spiro atoms. The summed E-state index contributed by atoms with van der Waals surface area (Å²) in [5.41, 5.74) is 11.3. The molecule has 0 radical (unpaired) electrons. The van der Waals surface area contributed by atoms with Crippen LogP contribution < -0.4 is 11.1 Å². The van der Waals surface area contributed by atoms with Crippen LogP contribution in [0.25, 0.3) is 16.9 Å². The number of hydrogen-bond acceptors (Lipinski definition) is 3. The van der Waals surface area contributed by atoms with Crippen molar-refractivity contribution in [2.75, 3.05) is 13.6 Å². The maximum absolute atomic E-state index is 12.6. The zero-order chi connectivity index (χ0) is 22.4. The fourth-order valence-electron chi connectivity index (χ4n) is 3.36. The Morgan fingerprint density at radius 3 is 2.52 bits per heavy atom. The van der Waals surface area contributed by atoms with Crippen molar-refractivity contribution in [3.63, 3.8) is 0 Å². The highest BCUT2D eigenvalue weighted by atomic mass is 16.2. The van der Waals surface area contributed by atoms with Crippen LogP contribution in [-0.2, 0) is 11.3 Å². The van der Waals surface area contributed by atoms with Crippen LogP contribution in [0.3, 0.4) is 0 Å². The standard InChI is InChI=1S/C24H29N5O2/c1-17-11-12-19(14-18(17)2)23-20(16-29(27-23)21-8-5-4-6-9-21)15-28(3)22(30)10-7-13-26-24(25)31/h4-6,8-9,11-12,14,16H,7,10,13,15H2,1-3H3,(H3,25,26,31). The molecule has 3 amide bonds. The van der Waals surface area contributed by atoms with Crippen molar-refractivity contribution in [3.05, 3.63) is 71.4 Å². The van der Waals surface area contributed by atoms with Crippen LogP contribution in [0, 0.1) is 13.8 Å². The SMILES string of the molecule is Cc1ccc(-c2nn(-c3ccccc3)cc2CN(C)C(=O)CCCNC(N)=O)cc1C. The van der Waals surface area contributed by atoms with Crippen LogP contribution in [0.1, 0.15) is 29.5 Å². The molecule has 7 nitrogen and oxygen atoms in total. The molecule has 3 aromatic rings. The molecule has 0 atom stereocenters. The Morgan fingerprint density at radius 2 is 1.84 bits per heavy atom. The van der Waals surface area contributed by atoms with E-state index in [-0.39, 0.29) is 5.91 Å². The van der Waals surface area contributed by atoms with Gasteiger partial charge in [-0.05, 0) is 49.6 Å². The van der Waals surface area contributed by atoms with E-state index >= 15 is 0 Å². The van der Waals surface area contributed by atoms with E-state index in [1.165, 1.54) is 11.1 Å². The van der Waals surface area contributed by atoms with Crippen LogP contribution >= 0.6 is 0 Å². The Labute approximate surface area is 182 Å². The number of carbonyl (C=O) groups is 2. The molecular weight excluding hydrogens is 390 g/mol. The molecule has 2 aromatic carbocycles. The third kappa shape index (κ3) is 5.72. The number of nitrogens with one attached hydrogen (secondary N) is 1. The van der Waals surface area contributed by atoms with E-state index in [9.17, 15) is 9.59 Å². The van der Waals surface area contributed by atoms with Crippen LogP contribution in [0.5, 0.6) is 0 Å². The molecule has 0 aliphatic rings. The fraction of sp³-hybridized carbons (Fsp3) is 0.292. The van der Waals surface area contributed by atoms with Crippen molar-refractivity contribution >= 4 is 11.9 Å². The summed E-state index contributed by atoms with van der Waals surface area (Å²) < 4.78 is 1.86. The van der Waals surface area contributed by atoms with Crippen molar-refractivity contribution in [1.82, 2.24) is 20.0 Å². The Balaban J connectivity index is 1.83. The van der Waals surface area contributed by atoms with Crippen LogP contribution in [0.15, 0.2) is 54.7 Å². The van der Waals surface area contributed by atoms with E-state index in [0.717, 1.165) is 22.5 Å². The topological polar surface area (TPSA) is 93.2 Å². The molecule has 0 bridgehead atoms. The average Bonchev–Trinajstić information content (AvgIpc) is 3.17. The minimum Gasteiger partial charge on any atom is -0.352 e. The lowest BCUT2D eigenvalue weighted by Crippen LogP contribution is -2.31. The number of aromatic nitrogens is 2. The minimum atomic E-state index is -0.577. The van der Waals surface area contributed by atoms with Gasteiger partial charge >= 0.3 is 6.03 Å². The highest BCUT2D eigenvalue weighted by molar-refractivity contribution is 5.76. The zero-order valence-corrected chi connectivity index (χ0v) is 18.3. The molecule has 0 unspecified atom stereocenters. The number of primary amides is 1. The largest absolute Gasteiger partial charge is 0.352 e. The number of para-hydroxylation sites is 1. The number of carbonyl (C=O) groups excluding carboxylic acids is 2. The summed E-state index contributed by atoms with van der Waals surface area (Å²) in [7, 11) is 1.79. The third-order valence-corrected chi connectivity index (χ3v) is 5.29. The van der Waals surface area contributed by atoms with Gasteiger partial charge in [0.25, 0.3) is 0 Å². The normalized spacial score (nSPS) is 10.7. The molecule has 3 N–H and O–H groups in total. The molecule has 0 saturated carbocycles. The quantitative estimate of drug-likeness (QED) is 0.547. The molecule has 0 aliphatic carbocycles. The lowest BCUT2D eigenvalue weighted by Gasteiger charge is -2.17. The summed E-state index contributed by atoms with van der Waals surface area (Å²) in [4.78, 5) is 25.0. The van der Waals surface area contributed by atoms with E-state index in [2.05, 4.69) is 37.4 Å². The van der Waals surface area contributed by atoms with Crippen molar-refractivity contribution in [3.8, 4) is 16.9 Å². The Kier molecular flexibility index (Phi) is 7.07. The molecule has 0 saturated heterocycles. The van der Waals surface area contributed by atoms with E-state index in [0.29, 0.717) is 25.9 Å². The van der Waals surface area contributed by atoms with Crippen molar-refractivity contribution in [1.29, 1.82) is 0 Å². The van der Waals surface area contributed by atoms with Gasteiger partial charge < -0.3 is 16.0 Å². The fourth-order valence-corrected chi connectivity index (χ4v) is 3.36. The highest BCUT2D eigenvalue weighted by Crippen LogP contribution is 2.26. The van der Waals surface area contributed by atoms with Gasteiger partial charge in [0.2, 0.25) is 5.91 Å². The summed E-state index contributed by atoms with van der Waals surface area (Å²) in [5.74, 6) is 0.00441. The predicted octanol–water partition coefficient (Wildman–Crippen LogP) is 3.56. The van der Waals surface area contributed by atoms with Crippen LogP contribution in [0.4, 0.5) is 4.79 Å². The number of amides is 3. The van der Waals surface area contributed by atoms with E-state index in [1.807, 2.05) is 41.2 Å². The lowest BCUT2D eigenvalue weighted by molar-refractivity contribution is -0.130. The van der Waals surface area contributed by atoms with E-state index < -0.39 is 6.03 Å². The molecule has 31 heavy (non-hydrogen) atoms. The first-order valence-corrected chi connectivity index (χ1v) is 10.3. The van der Waals surface area contributed by atoms with Crippen LogP contribution in [-0.4, -0.2) is 40.2 Å². The van der Waals surface area contributed by atoms with Gasteiger partial charge in [-0.15, -0.1) is 0 Å². The second-order valence-electron chi connectivity index (χ2n) is 7.73. The van der Waals surface area contributed by atoms with Gasteiger partial charge in [0.15, 0.2) is 0 Å². The molecule has 1 aromatic heterocycles. The zero-order valence-electron chi connectivity index (χ0n) is 18.3. The summed E-state index contributed by atoms with van der Waals surface area (Å²) in [6.45, 7) is 5.00. The van der Waals surface area contributed by atoms with Gasteiger partial charge in [-0.3, -0.25) is 4.79 Å². The van der Waals surface area contributed by atoms with Gasteiger partial charge in [0.1, 0.15) is 0 Å². The Hall–Kier alpha value is -3.61. The molecule has 3 rings (SSSR count). The first kappa shape index (κ1) is 22.1. The summed E-state index contributed by atoms with van der Waals surface area (Å²) >= 11 is 0. The number of aryl methyl sites for hydroxylation is 2. The first-order chi connectivity index (χ1) is 14.8. The number of nitrogens with zero attached hydrogens (tertiary/aromatic N) is 3. The van der Waals surface area contributed by atoms with Crippen molar-refractivity contribution in [2.24, 2.45) is 5.73 Å². The van der Waals surface area contributed by atoms with Crippen molar-refractivity contribution in [2.45, 2.75) is 33.2 Å². The number of benzene rings is 2. The molecular formula is C24H29N5O2. The molecule has 0 fully saturated rings. The Bertz CT molecular complexity index is 1060. The number of rotatable bonds is 8. The smallest absolute Gasteiger partial charge is 0.312 e. The number of nitrogens with two attached hydrogens (primary N) is 1. The second kappa shape index (κ2) is 9.93. The lowest BCUT2D eigenvalue weighted by atomic mass is 10.0. The highest BCUT2D eigenvalue weighted by Gasteiger charge is 2.17. The van der Waals surface area contributed by atoms with E-state index in [1.54, 1.807) is 11.9 Å². The number of hydrogen-bond donors (Lipinski definition) is 2. The van der Waals surface area contributed by atoms with Gasteiger partial charge in [-0.25, -0.2) is 9.48 Å². The summed E-state index contributed by atoms with van der Waals surface area (Å²) in [5, 5.41) is 7.35.